The topological polar surface area (TPSA) is 94.2 Å². The number of methoxy groups -OCH3 is 3. The average molecular weight is 499 g/mol. The largest absolute Gasteiger partial charge is 0.497 e. The number of para-hydroxylation sites is 1. The predicted molar refractivity (Wildman–Crippen MR) is 135 cm³/mol. The standard InChI is InChI=1S/C26H30N2O6S/c1-18-10-13-21(14-11-18)35(30,31)28(23-16-20(32-3)12-15-25(23)34-5)17-26(29)27-19(2)22-8-6-7-9-24(22)33-4/h6-16,19H,17H2,1-5H3,(H,27,29). The van der Waals surface area contributed by atoms with E-state index in [2.05, 4.69) is 5.32 Å². The van der Waals surface area contributed by atoms with E-state index >= 15 is 0 Å². The molecule has 1 amide bonds. The predicted octanol–water partition coefficient (Wildman–Crippen LogP) is 4.09. The summed E-state index contributed by atoms with van der Waals surface area (Å²) < 4.78 is 44.6. The summed E-state index contributed by atoms with van der Waals surface area (Å²) >= 11 is 0. The van der Waals surface area contributed by atoms with Crippen LogP contribution in [0, 0.1) is 6.92 Å². The van der Waals surface area contributed by atoms with Gasteiger partial charge in [-0.05, 0) is 44.2 Å². The molecule has 0 saturated heterocycles. The van der Waals surface area contributed by atoms with Crippen LogP contribution in [-0.2, 0) is 14.8 Å². The smallest absolute Gasteiger partial charge is 0.264 e. The van der Waals surface area contributed by atoms with Crippen LogP contribution < -0.4 is 23.8 Å². The zero-order valence-corrected chi connectivity index (χ0v) is 21.3. The van der Waals surface area contributed by atoms with Crippen molar-refractivity contribution >= 4 is 21.6 Å². The Hall–Kier alpha value is -3.72. The van der Waals surface area contributed by atoms with E-state index in [0.29, 0.717) is 11.5 Å². The fourth-order valence-electron chi connectivity index (χ4n) is 3.65. The van der Waals surface area contributed by atoms with Crippen molar-refractivity contribution in [2.24, 2.45) is 0 Å². The van der Waals surface area contributed by atoms with Crippen molar-refractivity contribution in [1.29, 1.82) is 0 Å². The van der Waals surface area contributed by atoms with E-state index in [0.717, 1.165) is 15.4 Å². The van der Waals surface area contributed by atoms with Crippen LogP contribution >= 0.6 is 0 Å². The number of anilines is 1. The van der Waals surface area contributed by atoms with Crippen LogP contribution in [0.2, 0.25) is 0 Å². The van der Waals surface area contributed by atoms with Crippen molar-refractivity contribution in [2.45, 2.75) is 24.8 Å². The van der Waals surface area contributed by atoms with Gasteiger partial charge in [-0.3, -0.25) is 9.10 Å². The molecule has 0 aromatic heterocycles. The fraction of sp³-hybridized carbons (Fsp3) is 0.269. The van der Waals surface area contributed by atoms with Crippen molar-refractivity contribution in [1.82, 2.24) is 5.32 Å². The Balaban J connectivity index is 2.00. The van der Waals surface area contributed by atoms with Crippen molar-refractivity contribution < 1.29 is 27.4 Å². The van der Waals surface area contributed by atoms with Gasteiger partial charge < -0.3 is 19.5 Å². The van der Waals surface area contributed by atoms with Gasteiger partial charge in [0.1, 0.15) is 23.8 Å². The number of aryl methyl sites for hydroxylation is 1. The number of rotatable bonds is 10. The van der Waals surface area contributed by atoms with Crippen molar-refractivity contribution in [3.05, 3.63) is 77.9 Å². The minimum absolute atomic E-state index is 0.0542. The summed E-state index contributed by atoms with van der Waals surface area (Å²) in [7, 11) is 0.344. The normalized spacial score (nSPS) is 11.9. The first-order chi connectivity index (χ1) is 16.7. The maximum absolute atomic E-state index is 13.7. The average Bonchev–Trinajstić information content (AvgIpc) is 2.86. The highest BCUT2D eigenvalue weighted by atomic mass is 32.2. The lowest BCUT2D eigenvalue weighted by Crippen LogP contribution is -2.41. The number of benzene rings is 3. The number of nitrogens with zero attached hydrogens (tertiary/aromatic N) is 1. The van der Waals surface area contributed by atoms with Gasteiger partial charge in [0.15, 0.2) is 0 Å². The molecule has 0 aliphatic carbocycles. The van der Waals surface area contributed by atoms with E-state index in [-0.39, 0.29) is 16.3 Å². The number of hydrogen-bond donors (Lipinski definition) is 1. The van der Waals surface area contributed by atoms with Crippen molar-refractivity contribution in [2.75, 3.05) is 32.2 Å². The van der Waals surface area contributed by atoms with Crippen molar-refractivity contribution in [3.8, 4) is 17.2 Å². The SMILES string of the molecule is COc1ccc(OC)c(N(CC(=O)NC(C)c2ccccc2OC)S(=O)(=O)c2ccc(C)cc2)c1. The van der Waals surface area contributed by atoms with Gasteiger partial charge in [-0.15, -0.1) is 0 Å². The van der Waals surface area contributed by atoms with Gasteiger partial charge in [-0.2, -0.15) is 0 Å². The molecule has 0 heterocycles. The molecule has 0 saturated carbocycles. The molecule has 3 rings (SSSR count). The van der Waals surface area contributed by atoms with E-state index in [1.165, 1.54) is 32.4 Å². The molecule has 0 spiro atoms. The van der Waals surface area contributed by atoms with E-state index in [1.807, 2.05) is 25.1 Å². The molecule has 1 N–H and O–H groups in total. The number of ether oxygens (including phenoxy) is 3. The van der Waals surface area contributed by atoms with E-state index in [9.17, 15) is 13.2 Å². The van der Waals surface area contributed by atoms with Crippen LogP contribution in [0.1, 0.15) is 24.1 Å². The number of carbonyl (C=O) groups is 1. The molecule has 0 fully saturated rings. The Morgan fingerprint density at radius 2 is 1.57 bits per heavy atom. The van der Waals surface area contributed by atoms with Gasteiger partial charge in [0.05, 0.1) is 38.0 Å². The first kappa shape index (κ1) is 25.9. The third kappa shape index (κ3) is 5.86. The highest BCUT2D eigenvalue weighted by molar-refractivity contribution is 7.92. The Morgan fingerprint density at radius 3 is 2.20 bits per heavy atom. The van der Waals surface area contributed by atoms with Crippen LogP contribution in [0.25, 0.3) is 0 Å². The summed E-state index contributed by atoms with van der Waals surface area (Å²) in [4.78, 5) is 13.2. The van der Waals surface area contributed by atoms with Crippen LogP contribution in [0.15, 0.2) is 71.6 Å². The molecule has 3 aromatic carbocycles. The molecule has 9 heteroatoms. The van der Waals surface area contributed by atoms with Gasteiger partial charge in [0, 0.05) is 11.6 Å². The lowest BCUT2D eigenvalue weighted by Gasteiger charge is -2.27. The monoisotopic (exact) mass is 498 g/mol. The molecule has 0 aliphatic rings. The first-order valence-electron chi connectivity index (χ1n) is 10.9. The third-order valence-electron chi connectivity index (χ3n) is 5.53. The zero-order chi connectivity index (χ0) is 25.6. The second kappa shape index (κ2) is 11.1. The van der Waals surface area contributed by atoms with Gasteiger partial charge >= 0.3 is 0 Å². The van der Waals surface area contributed by atoms with E-state index in [1.54, 1.807) is 44.4 Å². The van der Waals surface area contributed by atoms with E-state index < -0.39 is 28.5 Å². The van der Waals surface area contributed by atoms with E-state index in [4.69, 9.17) is 14.2 Å². The number of nitrogens with one attached hydrogen (secondary N) is 1. The molecular formula is C26H30N2O6S. The summed E-state index contributed by atoms with van der Waals surface area (Å²) in [6, 6.07) is 18.1. The van der Waals surface area contributed by atoms with Crippen LogP contribution in [0.5, 0.6) is 17.2 Å². The molecule has 0 bridgehead atoms. The molecule has 8 nitrogen and oxygen atoms in total. The summed E-state index contributed by atoms with van der Waals surface area (Å²) in [5.41, 5.74) is 1.88. The summed E-state index contributed by atoms with van der Waals surface area (Å²) in [5.74, 6) is 0.836. The maximum Gasteiger partial charge on any atom is 0.264 e. The lowest BCUT2D eigenvalue weighted by atomic mass is 10.1. The Kier molecular flexibility index (Phi) is 8.24. The Bertz CT molecular complexity index is 1280. The highest BCUT2D eigenvalue weighted by Gasteiger charge is 2.30. The Labute approximate surface area is 206 Å². The second-order valence-electron chi connectivity index (χ2n) is 7.89. The molecule has 35 heavy (non-hydrogen) atoms. The Morgan fingerprint density at radius 1 is 0.914 bits per heavy atom. The number of carbonyl (C=O) groups excluding carboxylic acids is 1. The van der Waals surface area contributed by atoms with Gasteiger partial charge in [0.2, 0.25) is 5.91 Å². The van der Waals surface area contributed by atoms with Crippen LogP contribution in [0.4, 0.5) is 5.69 Å². The van der Waals surface area contributed by atoms with Crippen LogP contribution in [-0.4, -0.2) is 42.2 Å². The molecule has 0 radical (unpaired) electrons. The third-order valence-corrected chi connectivity index (χ3v) is 7.31. The molecular weight excluding hydrogens is 468 g/mol. The highest BCUT2D eigenvalue weighted by Crippen LogP contribution is 2.36. The summed E-state index contributed by atoms with van der Waals surface area (Å²) in [6.45, 7) is 3.20. The van der Waals surface area contributed by atoms with Gasteiger partial charge in [-0.1, -0.05) is 35.9 Å². The fourth-order valence-corrected chi connectivity index (χ4v) is 5.07. The summed E-state index contributed by atoms with van der Waals surface area (Å²) in [6.07, 6.45) is 0. The lowest BCUT2D eigenvalue weighted by molar-refractivity contribution is -0.120. The van der Waals surface area contributed by atoms with Crippen molar-refractivity contribution in [3.63, 3.8) is 0 Å². The summed E-state index contributed by atoms with van der Waals surface area (Å²) in [5, 5.41) is 2.87. The molecule has 3 aromatic rings. The van der Waals surface area contributed by atoms with Gasteiger partial charge in [0.25, 0.3) is 10.0 Å². The number of sulfonamides is 1. The maximum atomic E-state index is 13.7. The molecule has 1 atom stereocenters. The second-order valence-corrected chi connectivity index (χ2v) is 9.76. The molecule has 1 unspecified atom stereocenters. The zero-order valence-electron chi connectivity index (χ0n) is 20.4. The number of hydrogen-bond acceptors (Lipinski definition) is 6. The van der Waals surface area contributed by atoms with Gasteiger partial charge in [-0.25, -0.2) is 8.42 Å². The number of amides is 1. The molecule has 0 aliphatic heterocycles. The van der Waals surface area contributed by atoms with Crippen LogP contribution in [0.3, 0.4) is 0 Å². The minimum atomic E-state index is -4.12. The first-order valence-corrected chi connectivity index (χ1v) is 12.4. The quantitative estimate of drug-likeness (QED) is 0.452. The minimum Gasteiger partial charge on any atom is -0.497 e. The molecule has 186 valence electrons.